The van der Waals surface area contributed by atoms with Crippen molar-refractivity contribution >= 4 is 28.4 Å². The van der Waals surface area contributed by atoms with Crippen LogP contribution in [0, 0.1) is 6.92 Å². The lowest BCUT2D eigenvalue weighted by atomic mass is 10.2. The Balaban J connectivity index is 0.00000144. The standard InChI is InChI=1S/C17H14ClN3.ClH/c1-12-10-20-15-8-4-5-9-16(15)21(17(20)19-12)11-13-6-2-3-7-14(13)18;/h2-10H,11H2,1H3;1H. The molecule has 2 heterocycles. The van der Waals surface area contributed by atoms with Crippen LogP contribution in [0.25, 0.3) is 16.8 Å². The molecule has 5 heteroatoms. The van der Waals surface area contributed by atoms with Crippen molar-refractivity contribution in [2.75, 3.05) is 0 Å². The zero-order valence-corrected chi connectivity index (χ0v) is 13.6. The fourth-order valence-corrected chi connectivity index (χ4v) is 3.07. The van der Waals surface area contributed by atoms with Gasteiger partial charge < -0.3 is 12.4 Å². The monoisotopic (exact) mass is 331 g/mol. The number of aromatic nitrogens is 3. The predicted molar refractivity (Wildman–Crippen MR) is 84.7 cm³/mol. The normalized spacial score (nSPS) is 11.0. The SMILES string of the molecule is Cc1cn2c3ccccc3[n+](Cc3ccccc3Cl)c2[nH]1.[Cl-]. The molecule has 0 aliphatic rings. The van der Waals surface area contributed by atoms with E-state index in [-0.39, 0.29) is 12.4 Å². The Morgan fingerprint density at radius 3 is 2.64 bits per heavy atom. The lowest BCUT2D eigenvalue weighted by molar-refractivity contribution is -0.638. The van der Waals surface area contributed by atoms with Crippen LogP contribution in [0.2, 0.25) is 5.02 Å². The largest absolute Gasteiger partial charge is 1.00 e. The molecule has 112 valence electrons. The van der Waals surface area contributed by atoms with Gasteiger partial charge in [-0.3, -0.25) is 0 Å². The number of H-pyrrole nitrogens is 1. The molecule has 0 saturated carbocycles. The first-order valence-corrected chi connectivity index (χ1v) is 7.33. The van der Waals surface area contributed by atoms with Crippen molar-refractivity contribution < 1.29 is 17.0 Å². The number of aromatic amines is 1. The van der Waals surface area contributed by atoms with E-state index in [1.165, 1.54) is 11.0 Å². The zero-order chi connectivity index (χ0) is 14.4. The molecule has 22 heavy (non-hydrogen) atoms. The number of nitrogens with zero attached hydrogens (tertiary/aromatic N) is 2. The topological polar surface area (TPSA) is 24.1 Å². The Labute approximate surface area is 139 Å². The number of nitrogens with one attached hydrogen (secondary N) is 1. The Hall–Kier alpha value is -1.97. The van der Waals surface area contributed by atoms with Gasteiger partial charge in [0, 0.05) is 10.6 Å². The van der Waals surface area contributed by atoms with E-state index in [2.05, 4.69) is 57.4 Å². The van der Waals surface area contributed by atoms with Crippen LogP contribution in [0.1, 0.15) is 11.3 Å². The van der Waals surface area contributed by atoms with Crippen LogP contribution in [-0.2, 0) is 6.54 Å². The molecule has 0 fully saturated rings. The molecule has 4 aromatic rings. The first-order chi connectivity index (χ1) is 10.2. The summed E-state index contributed by atoms with van der Waals surface area (Å²) < 4.78 is 4.46. The summed E-state index contributed by atoms with van der Waals surface area (Å²) in [5, 5.41) is 0.803. The average Bonchev–Trinajstić information content (AvgIpc) is 2.99. The number of fused-ring (bicyclic) bond motifs is 3. The van der Waals surface area contributed by atoms with Crippen LogP contribution in [0.4, 0.5) is 0 Å². The second-order valence-corrected chi connectivity index (χ2v) is 5.70. The Morgan fingerprint density at radius 1 is 1.09 bits per heavy atom. The smallest absolute Gasteiger partial charge is 0.368 e. The van der Waals surface area contributed by atoms with Gasteiger partial charge in [-0.15, -0.1) is 0 Å². The van der Waals surface area contributed by atoms with Crippen LogP contribution in [-0.4, -0.2) is 9.38 Å². The number of para-hydroxylation sites is 2. The molecule has 0 bridgehead atoms. The highest BCUT2D eigenvalue weighted by molar-refractivity contribution is 6.31. The first-order valence-electron chi connectivity index (χ1n) is 6.95. The summed E-state index contributed by atoms with van der Waals surface area (Å²) in [7, 11) is 0. The van der Waals surface area contributed by atoms with Crippen LogP contribution >= 0.6 is 11.6 Å². The summed E-state index contributed by atoms with van der Waals surface area (Å²) in [4.78, 5) is 3.44. The van der Waals surface area contributed by atoms with E-state index in [4.69, 9.17) is 11.6 Å². The summed E-state index contributed by atoms with van der Waals surface area (Å²) in [5.74, 6) is 1.08. The number of aryl methyl sites for hydroxylation is 1. The highest BCUT2D eigenvalue weighted by atomic mass is 35.5. The minimum Gasteiger partial charge on any atom is -1.00 e. The maximum absolute atomic E-state index is 6.32. The van der Waals surface area contributed by atoms with Crippen LogP contribution in [0.3, 0.4) is 0 Å². The van der Waals surface area contributed by atoms with E-state index in [9.17, 15) is 0 Å². The molecule has 0 spiro atoms. The minimum absolute atomic E-state index is 0. The molecule has 3 nitrogen and oxygen atoms in total. The lowest BCUT2D eigenvalue weighted by Crippen LogP contribution is -3.00. The molecule has 2 aromatic carbocycles. The molecule has 0 radical (unpaired) electrons. The van der Waals surface area contributed by atoms with Crippen molar-refractivity contribution in [1.82, 2.24) is 9.38 Å². The van der Waals surface area contributed by atoms with Gasteiger partial charge in [0.25, 0.3) is 0 Å². The number of hydrogen-bond donors (Lipinski definition) is 1. The molecular weight excluding hydrogens is 317 g/mol. The molecular formula is C17H15Cl2N3. The van der Waals surface area contributed by atoms with Gasteiger partial charge >= 0.3 is 5.78 Å². The molecule has 1 N–H and O–H groups in total. The Bertz CT molecular complexity index is 953. The molecule has 0 aliphatic carbocycles. The summed E-state index contributed by atoms with van der Waals surface area (Å²) in [6.45, 7) is 2.82. The van der Waals surface area contributed by atoms with E-state index in [0.29, 0.717) is 0 Å². The van der Waals surface area contributed by atoms with Crippen LogP contribution in [0.15, 0.2) is 54.7 Å². The fourth-order valence-electron chi connectivity index (χ4n) is 2.87. The molecule has 0 unspecified atom stereocenters. The van der Waals surface area contributed by atoms with Crippen LogP contribution in [0.5, 0.6) is 0 Å². The maximum atomic E-state index is 6.32. The number of halogens is 2. The van der Waals surface area contributed by atoms with Crippen LogP contribution < -0.4 is 17.0 Å². The second kappa shape index (κ2) is 5.67. The van der Waals surface area contributed by atoms with Crippen molar-refractivity contribution in [2.24, 2.45) is 0 Å². The number of hydrogen-bond acceptors (Lipinski definition) is 0. The number of benzene rings is 2. The fraction of sp³-hybridized carbons (Fsp3) is 0.118. The van der Waals surface area contributed by atoms with Crippen molar-refractivity contribution in [3.8, 4) is 0 Å². The number of rotatable bonds is 2. The van der Waals surface area contributed by atoms with Gasteiger partial charge in [0.1, 0.15) is 22.9 Å². The van der Waals surface area contributed by atoms with Gasteiger partial charge in [-0.05, 0) is 25.1 Å². The zero-order valence-electron chi connectivity index (χ0n) is 12.1. The molecule has 4 rings (SSSR count). The summed E-state index contributed by atoms with van der Waals surface area (Å²) in [6.07, 6.45) is 2.13. The van der Waals surface area contributed by atoms with Gasteiger partial charge in [-0.1, -0.05) is 41.9 Å². The van der Waals surface area contributed by atoms with Crippen molar-refractivity contribution in [3.63, 3.8) is 0 Å². The molecule has 0 saturated heterocycles. The van der Waals surface area contributed by atoms with E-state index in [1.54, 1.807) is 0 Å². The maximum Gasteiger partial charge on any atom is 0.368 e. The third kappa shape index (κ3) is 2.27. The minimum atomic E-state index is 0. The van der Waals surface area contributed by atoms with Gasteiger partial charge in [-0.2, -0.15) is 4.40 Å². The van der Waals surface area contributed by atoms with Gasteiger partial charge in [-0.25, -0.2) is 9.55 Å². The summed E-state index contributed by atoms with van der Waals surface area (Å²) in [6, 6.07) is 16.4. The molecule has 0 atom stereocenters. The van der Waals surface area contributed by atoms with Gasteiger partial charge in [0.2, 0.25) is 0 Å². The summed E-state index contributed by atoms with van der Waals surface area (Å²) >= 11 is 6.32. The Kier molecular flexibility index (Phi) is 3.85. The van der Waals surface area contributed by atoms with Gasteiger partial charge in [0.15, 0.2) is 0 Å². The average molecular weight is 332 g/mol. The van der Waals surface area contributed by atoms with Crippen molar-refractivity contribution in [3.05, 3.63) is 71.0 Å². The highest BCUT2D eigenvalue weighted by Crippen LogP contribution is 2.19. The van der Waals surface area contributed by atoms with Gasteiger partial charge in [0.05, 0.1) is 6.54 Å². The second-order valence-electron chi connectivity index (χ2n) is 5.30. The van der Waals surface area contributed by atoms with E-state index >= 15 is 0 Å². The predicted octanol–water partition coefficient (Wildman–Crippen LogP) is 0.722. The van der Waals surface area contributed by atoms with Crippen molar-refractivity contribution in [1.29, 1.82) is 0 Å². The number of imidazole rings is 2. The van der Waals surface area contributed by atoms with E-state index < -0.39 is 0 Å². The summed E-state index contributed by atoms with van der Waals surface area (Å²) in [5.41, 5.74) is 4.66. The quantitative estimate of drug-likeness (QED) is 0.523. The van der Waals surface area contributed by atoms with E-state index in [0.717, 1.165) is 28.6 Å². The first kappa shape index (κ1) is 14.9. The molecule has 0 amide bonds. The third-order valence-electron chi connectivity index (χ3n) is 3.83. The lowest BCUT2D eigenvalue weighted by Gasteiger charge is -2.03. The third-order valence-corrected chi connectivity index (χ3v) is 4.20. The van der Waals surface area contributed by atoms with Crippen molar-refractivity contribution in [2.45, 2.75) is 13.5 Å². The highest BCUT2D eigenvalue weighted by Gasteiger charge is 2.20. The van der Waals surface area contributed by atoms with E-state index in [1.807, 2.05) is 18.2 Å². The molecule has 0 aliphatic heterocycles. The Morgan fingerprint density at radius 2 is 1.82 bits per heavy atom. The molecule has 2 aromatic heterocycles.